The van der Waals surface area contributed by atoms with Crippen LogP contribution in [0.2, 0.25) is 0 Å². The van der Waals surface area contributed by atoms with Gasteiger partial charge in [-0.3, -0.25) is 5.10 Å². The van der Waals surface area contributed by atoms with Crippen molar-refractivity contribution in [2.75, 3.05) is 0 Å². The number of hydrogen-bond acceptors (Lipinski definition) is 1. The van der Waals surface area contributed by atoms with E-state index in [1.54, 1.807) is 6.08 Å². The fourth-order valence-electron chi connectivity index (χ4n) is 0.780. The lowest BCUT2D eigenvalue weighted by Gasteiger charge is -1.88. The second kappa shape index (κ2) is 2.49. The minimum atomic E-state index is 1.01. The van der Waals surface area contributed by atoms with Gasteiger partial charge in [0.25, 0.3) is 0 Å². The zero-order valence-electron chi connectivity index (χ0n) is 5.52. The van der Waals surface area contributed by atoms with E-state index in [-0.39, 0.29) is 0 Å². The third-order valence-electron chi connectivity index (χ3n) is 1.34. The van der Waals surface area contributed by atoms with Gasteiger partial charge in [0.1, 0.15) is 0 Å². The molecule has 0 spiro atoms. The summed E-state index contributed by atoms with van der Waals surface area (Å²) in [6.45, 7) is 5.74. The predicted molar refractivity (Wildman–Crippen MR) is 38.1 cm³/mol. The molecule has 2 nitrogen and oxygen atoms in total. The second-order valence-electron chi connectivity index (χ2n) is 1.87. The number of rotatable bonds is 2. The van der Waals surface area contributed by atoms with Crippen LogP contribution in [0.5, 0.6) is 0 Å². The monoisotopic (exact) mass is 122 g/mol. The summed E-state index contributed by atoms with van der Waals surface area (Å²) in [7, 11) is 0. The summed E-state index contributed by atoms with van der Waals surface area (Å²) in [6.07, 6.45) is 4.63. The van der Waals surface area contributed by atoms with Crippen LogP contribution in [0.4, 0.5) is 0 Å². The van der Waals surface area contributed by atoms with E-state index in [0.29, 0.717) is 0 Å². The summed E-state index contributed by atoms with van der Waals surface area (Å²) in [6, 6.07) is 0. The fourth-order valence-corrected chi connectivity index (χ4v) is 0.780. The Kier molecular flexibility index (Phi) is 1.68. The smallest absolute Gasteiger partial charge is 0.0603 e. The van der Waals surface area contributed by atoms with Gasteiger partial charge in [0.15, 0.2) is 0 Å². The first-order valence-electron chi connectivity index (χ1n) is 3.03. The van der Waals surface area contributed by atoms with Crippen molar-refractivity contribution in [2.24, 2.45) is 0 Å². The Hall–Kier alpha value is -1.05. The Morgan fingerprint density at radius 3 is 3.11 bits per heavy atom. The topological polar surface area (TPSA) is 28.7 Å². The molecule has 0 aliphatic rings. The second-order valence-corrected chi connectivity index (χ2v) is 1.87. The van der Waals surface area contributed by atoms with Gasteiger partial charge in [-0.1, -0.05) is 13.5 Å². The first-order valence-corrected chi connectivity index (χ1v) is 3.03. The molecule has 0 amide bonds. The Morgan fingerprint density at radius 2 is 2.67 bits per heavy atom. The Bertz CT molecular complexity index is 200. The average Bonchev–Trinajstić information content (AvgIpc) is 2.33. The molecule has 0 bridgehead atoms. The standard InChI is InChI=1S/C7H10N2/c1-3-6-5-8-9-7(6)4-2/h4-5H,2-3H2,1H3,(H,8,9). The average molecular weight is 122 g/mol. The highest BCUT2D eigenvalue weighted by atomic mass is 15.1. The molecule has 1 aromatic heterocycles. The molecule has 0 unspecified atom stereocenters. The number of aromatic nitrogens is 2. The maximum absolute atomic E-state index is 3.87. The predicted octanol–water partition coefficient (Wildman–Crippen LogP) is 1.62. The van der Waals surface area contributed by atoms with Crippen LogP contribution in [-0.4, -0.2) is 10.2 Å². The number of nitrogens with zero attached hydrogens (tertiary/aromatic N) is 1. The van der Waals surface area contributed by atoms with Crippen molar-refractivity contribution >= 4 is 6.08 Å². The molecule has 9 heavy (non-hydrogen) atoms. The molecule has 2 heteroatoms. The van der Waals surface area contributed by atoms with Crippen LogP contribution in [-0.2, 0) is 6.42 Å². The number of hydrogen-bond donors (Lipinski definition) is 1. The molecule has 0 saturated heterocycles. The molecule has 1 heterocycles. The molecule has 0 fully saturated rings. The van der Waals surface area contributed by atoms with Crippen molar-refractivity contribution in [2.45, 2.75) is 13.3 Å². The van der Waals surface area contributed by atoms with Gasteiger partial charge < -0.3 is 0 Å². The minimum Gasteiger partial charge on any atom is -0.278 e. The lowest BCUT2D eigenvalue weighted by Crippen LogP contribution is -1.78. The van der Waals surface area contributed by atoms with Crippen LogP contribution < -0.4 is 0 Å². The molecule has 1 rings (SSSR count). The summed E-state index contributed by atoms with van der Waals surface area (Å²) in [5.74, 6) is 0. The van der Waals surface area contributed by atoms with Crippen molar-refractivity contribution in [3.63, 3.8) is 0 Å². The lowest BCUT2D eigenvalue weighted by atomic mass is 10.2. The van der Waals surface area contributed by atoms with Crippen LogP contribution in [0, 0.1) is 0 Å². The van der Waals surface area contributed by atoms with Gasteiger partial charge >= 0.3 is 0 Å². The molecular formula is C7H10N2. The van der Waals surface area contributed by atoms with E-state index in [9.17, 15) is 0 Å². The van der Waals surface area contributed by atoms with E-state index in [2.05, 4.69) is 23.7 Å². The Balaban J connectivity index is 2.98. The molecule has 0 aliphatic heterocycles. The van der Waals surface area contributed by atoms with Crippen LogP contribution in [0.15, 0.2) is 12.8 Å². The molecule has 0 aromatic carbocycles. The molecule has 0 radical (unpaired) electrons. The fraction of sp³-hybridized carbons (Fsp3) is 0.286. The van der Waals surface area contributed by atoms with Crippen LogP contribution in [0.3, 0.4) is 0 Å². The summed E-state index contributed by atoms with van der Waals surface area (Å²) < 4.78 is 0. The van der Waals surface area contributed by atoms with E-state index in [0.717, 1.165) is 12.1 Å². The number of H-pyrrole nitrogens is 1. The normalized spacial score (nSPS) is 9.44. The summed E-state index contributed by atoms with van der Waals surface area (Å²) in [5.41, 5.74) is 2.27. The highest BCUT2D eigenvalue weighted by molar-refractivity contribution is 5.45. The van der Waals surface area contributed by atoms with Gasteiger partial charge in [0.2, 0.25) is 0 Å². The van der Waals surface area contributed by atoms with Crippen molar-refractivity contribution in [1.29, 1.82) is 0 Å². The van der Waals surface area contributed by atoms with Crippen molar-refractivity contribution in [1.82, 2.24) is 10.2 Å². The van der Waals surface area contributed by atoms with Gasteiger partial charge in [-0.15, -0.1) is 0 Å². The molecule has 0 atom stereocenters. The van der Waals surface area contributed by atoms with E-state index >= 15 is 0 Å². The Morgan fingerprint density at radius 1 is 1.89 bits per heavy atom. The lowest BCUT2D eigenvalue weighted by molar-refractivity contribution is 1.08. The maximum Gasteiger partial charge on any atom is 0.0603 e. The van der Waals surface area contributed by atoms with E-state index in [1.807, 2.05) is 6.20 Å². The van der Waals surface area contributed by atoms with Gasteiger partial charge in [0.05, 0.1) is 11.9 Å². The van der Waals surface area contributed by atoms with Gasteiger partial charge in [0, 0.05) is 0 Å². The minimum absolute atomic E-state index is 1.01. The first-order chi connectivity index (χ1) is 4.38. The zero-order valence-corrected chi connectivity index (χ0v) is 5.52. The molecule has 1 N–H and O–H groups in total. The van der Waals surface area contributed by atoms with Crippen LogP contribution in [0.1, 0.15) is 18.2 Å². The maximum atomic E-state index is 3.87. The van der Waals surface area contributed by atoms with Crippen molar-refractivity contribution in [3.8, 4) is 0 Å². The molecule has 1 aromatic rings. The third-order valence-corrected chi connectivity index (χ3v) is 1.34. The molecule has 0 saturated carbocycles. The number of aryl methyl sites for hydroxylation is 1. The highest BCUT2D eigenvalue weighted by Crippen LogP contribution is 2.04. The largest absolute Gasteiger partial charge is 0.278 e. The quantitative estimate of drug-likeness (QED) is 0.634. The van der Waals surface area contributed by atoms with E-state index in [1.165, 1.54) is 5.56 Å². The first kappa shape index (κ1) is 6.08. The van der Waals surface area contributed by atoms with E-state index < -0.39 is 0 Å². The number of aromatic amines is 1. The van der Waals surface area contributed by atoms with E-state index in [4.69, 9.17) is 0 Å². The van der Waals surface area contributed by atoms with Crippen molar-refractivity contribution < 1.29 is 0 Å². The summed E-state index contributed by atoms with van der Waals surface area (Å²) >= 11 is 0. The van der Waals surface area contributed by atoms with Gasteiger partial charge in [-0.2, -0.15) is 5.10 Å². The summed E-state index contributed by atoms with van der Waals surface area (Å²) in [5, 5.41) is 6.71. The third kappa shape index (κ3) is 1.02. The summed E-state index contributed by atoms with van der Waals surface area (Å²) in [4.78, 5) is 0. The highest BCUT2D eigenvalue weighted by Gasteiger charge is 1.95. The Labute approximate surface area is 54.6 Å². The van der Waals surface area contributed by atoms with Crippen molar-refractivity contribution in [3.05, 3.63) is 24.0 Å². The molecular weight excluding hydrogens is 112 g/mol. The molecule has 48 valence electrons. The zero-order chi connectivity index (χ0) is 6.69. The SMILES string of the molecule is C=Cc1[nH]ncc1CC. The van der Waals surface area contributed by atoms with Gasteiger partial charge in [-0.05, 0) is 18.1 Å². The number of nitrogens with one attached hydrogen (secondary N) is 1. The van der Waals surface area contributed by atoms with Gasteiger partial charge in [-0.25, -0.2) is 0 Å². The van der Waals surface area contributed by atoms with Crippen LogP contribution >= 0.6 is 0 Å². The molecule has 0 aliphatic carbocycles. The van der Waals surface area contributed by atoms with Crippen LogP contribution in [0.25, 0.3) is 6.08 Å².